The van der Waals surface area contributed by atoms with E-state index in [0.29, 0.717) is 15.2 Å². The quantitative estimate of drug-likeness (QED) is 0.289. The second-order valence-corrected chi connectivity index (χ2v) is 4.59. The first kappa shape index (κ1) is 11.8. The third-order valence-corrected chi connectivity index (χ3v) is 1.60. The molecule has 0 heterocycles. The van der Waals surface area contributed by atoms with Crippen molar-refractivity contribution in [2.45, 2.75) is 5.37 Å². The van der Waals surface area contributed by atoms with Crippen LogP contribution in [0.1, 0.15) is 0 Å². The zero-order valence-corrected chi connectivity index (χ0v) is 9.76. The summed E-state index contributed by atoms with van der Waals surface area (Å²) < 4.78 is 0.854. The number of nitrogens with one attached hydrogen (secondary N) is 2. The van der Waals surface area contributed by atoms with Crippen molar-refractivity contribution >= 4 is 71.0 Å². The fourth-order valence-corrected chi connectivity index (χ4v) is 1.26. The first-order valence-electron chi connectivity index (χ1n) is 2.66. The van der Waals surface area contributed by atoms with Crippen molar-refractivity contribution in [2.75, 3.05) is 6.54 Å². The predicted octanol–water partition coefficient (Wildman–Crippen LogP) is 0.851. The number of thiocarbonyl (C=S) groups is 2. The molecule has 0 bridgehead atoms. The third-order valence-electron chi connectivity index (χ3n) is 0.737. The van der Waals surface area contributed by atoms with Crippen LogP contribution in [0.3, 0.4) is 0 Å². The van der Waals surface area contributed by atoms with E-state index in [1.54, 1.807) is 0 Å². The van der Waals surface area contributed by atoms with Gasteiger partial charge in [-0.1, -0.05) is 24.4 Å². The normalized spacial score (nSPS) is 11.9. The summed E-state index contributed by atoms with van der Waals surface area (Å²) in [5.41, 5.74) is 0. The highest BCUT2D eigenvalue weighted by Crippen LogP contribution is 1.91. The summed E-state index contributed by atoms with van der Waals surface area (Å²) in [4.78, 5) is 0. The average Bonchev–Trinajstić information content (AvgIpc) is 1.82. The second kappa shape index (κ2) is 6.36. The molecule has 0 fully saturated rings. The molecule has 1 unspecified atom stereocenters. The van der Waals surface area contributed by atoms with Gasteiger partial charge in [-0.15, -0.1) is 25.3 Å². The van der Waals surface area contributed by atoms with Crippen LogP contribution in [0, 0.1) is 0 Å². The minimum atomic E-state index is -0.0925. The molecule has 0 aliphatic carbocycles. The molecule has 0 radical (unpaired) electrons. The summed E-state index contributed by atoms with van der Waals surface area (Å²) in [6.45, 7) is 0.562. The maximum Gasteiger partial charge on any atom is 0.131 e. The summed E-state index contributed by atoms with van der Waals surface area (Å²) in [7, 11) is 0. The molecule has 0 rings (SSSR count). The van der Waals surface area contributed by atoms with Gasteiger partial charge in [0.25, 0.3) is 0 Å². The number of hydrogen-bond acceptors (Lipinski definition) is 3. The molecule has 1 atom stereocenters. The zero-order chi connectivity index (χ0) is 8.85. The highest BCUT2D eigenvalue weighted by atomic mass is 32.1. The smallest absolute Gasteiger partial charge is 0.131 e. The topological polar surface area (TPSA) is 24.1 Å². The summed E-state index contributed by atoms with van der Waals surface area (Å²) in [6, 6.07) is 0. The summed E-state index contributed by atoms with van der Waals surface area (Å²) >= 11 is 21.2. The highest BCUT2D eigenvalue weighted by molar-refractivity contribution is 8.11. The Hall–Kier alpha value is 0.830. The van der Waals surface area contributed by atoms with E-state index >= 15 is 0 Å². The number of hydrogen-bond donors (Lipinski definition) is 5. The Morgan fingerprint density at radius 2 is 1.82 bits per heavy atom. The van der Waals surface area contributed by atoms with Crippen LogP contribution in [0.4, 0.5) is 0 Å². The Bertz CT molecular complexity index is 159. The molecule has 7 heteroatoms. The lowest BCUT2D eigenvalue weighted by Crippen LogP contribution is -2.36. The molecule has 0 amide bonds. The van der Waals surface area contributed by atoms with Gasteiger partial charge in [0, 0.05) is 6.54 Å². The van der Waals surface area contributed by atoms with Crippen LogP contribution in [0.15, 0.2) is 0 Å². The van der Waals surface area contributed by atoms with Gasteiger partial charge in [0.05, 0.1) is 5.37 Å². The van der Waals surface area contributed by atoms with Crippen LogP contribution in [-0.2, 0) is 0 Å². The molecule has 2 nitrogen and oxygen atoms in total. The van der Waals surface area contributed by atoms with Crippen molar-refractivity contribution in [1.82, 2.24) is 10.6 Å². The van der Waals surface area contributed by atoms with Crippen molar-refractivity contribution in [3.8, 4) is 0 Å². The molecule has 0 aromatic heterocycles. The van der Waals surface area contributed by atoms with E-state index in [1.807, 2.05) is 0 Å². The van der Waals surface area contributed by atoms with Crippen molar-refractivity contribution in [1.29, 1.82) is 0 Å². The SMILES string of the molecule is S=C(S)NCC(S)NC(=S)S. The van der Waals surface area contributed by atoms with Gasteiger partial charge >= 0.3 is 0 Å². The molecule has 0 saturated heterocycles. The Kier molecular flexibility index (Phi) is 6.84. The first-order chi connectivity index (χ1) is 5.02. The van der Waals surface area contributed by atoms with Gasteiger partial charge in [-0.05, 0) is 0 Å². The van der Waals surface area contributed by atoms with Gasteiger partial charge in [-0.2, -0.15) is 12.6 Å². The van der Waals surface area contributed by atoms with Crippen LogP contribution in [0.2, 0.25) is 0 Å². The monoisotopic (exact) mass is 244 g/mol. The molecule has 0 saturated carbocycles. The molecular formula is C4H8N2S5. The fourth-order valence-electron chi connectivity index (χ4n) is 0.378. The van der Waals surface area contributed by atoms with Crippen molar-refractivity contribution in [2.24, 2.45) is 0 Å². The van der Waals surface area contributed by atoms with Crippen LogP contribution >= 0.6 is 62.3 Å². The Balaban J connectivity index is 3.44. The first-order valence-corrected chi connectivity index (χ1v) is 4.89. The van der Waals surface area contributed by atoms with E-state index in [9.17, 15) is 0 Å². The lowest BCUT2D eigenvalue weighted by atomic mass is 10.6. The third kappa shape index (κ3) is 8.74. The van der Waals surface area contributed by atoms with Crippen LogP contribution < -0.4 is 10.6 Å². The van der Waals surface area contributed by atoms with Crippen molar-refractivity contribution < 1.29 is 0 Å². The largest absolute Gasteiger partial charge is 0.368 e. The van der Waals surface area contributed by atoms with Gasteiger partial charge < -0.3 is 10.6 Å². The van der Waals surface area contributed by atoms with Crippen LogP contribution in [0.25, 0.3) is 0 Å². The maximum atomic E-state index is 4.68. The zero-order valence-electron chi connectivity index (χ0n) is 5.44. The summed E-state index contributed by atoms with van der Waals surface area (Å²) in [5, 5.41) is 5.52. The van der Waals surface area contributed by atoms with E-state index < -0.39 is 0 Å². The number of thiol groups is 3. The van der Waals surface area contributed by atoms with Gasteiger partial charge in [0.15, 0.2) is 0 Å². The van der Waals surface area contributed by atoms with Crippen molar-refractivity contribution in [3.05, 3.63) is 0 Å². The van der Waals surface area contributed by atoms with Crippen LogP contribution in [0.5, 0.6) is 0 Å². The summed E-state index contributed by atoms with van der Waals surface area (Å²) in [6.07, 6.45) is 0. The molecular weight excluding hydrogens is 236 g/mol. The maximum absolute atomic E-state index is 4.68. The van der Waals surface area contributed by atoms with E-state index in [4.69, 9.17) is 0 Å². The van der Waals surface area contributed by atoms with E-state index in [2.05, 4.69) is 73.0 Å². The molecule has 0 aromatic carbocycles. The molecule has 11 heavy (non-hydrogen) atoms. The van der Waals surface area contributed by atoms with Crippen molar-refractivity contribution in [3.63, 3.8) is 0 Å². The number of rotatable bonds is 3. The highest BCUT2D eigenvalue weighted by Gasteiger charge is 2.01. The summed E-state index contributed by atoms with van der Waals surface area (Å²) in [5.74, 6) is 0. The minimum Gasteiger partial charge on any atom is -0.368 e. The molecule has 0 aromatic rings. The molecule has 0 aliphatic rings. The Labute approximate surface area is 93.1 Å². The average molecular weight is 244 g/mol. The lowest BCUT2D eigenvalue weighted by molar-refractivity contribution is 0.787. The van der Waals surface area contributed by atoms with E-state index in [0.717, 1.165) is 0 Å². The molecule has 0 aliphatic heterocycles. The second-order valence-electron chi connectivity index (χ2n) is 1.65. The van der Waals surface area contributed by atoms with Crippen LogP contribution in [-0.4, -0.2) is 20.6 Å². The fraction of sp³-hybridized carbons (Fsp3) is 0.500. The van der Waals surface area contributed by atoms with Gasteiger partial charge in [-0.3, -0.25) is 0 Å². The van der Waals surface area contributed by atoms with Gasteiger partial charge in [0.2, 0.25) is 0 Å². The van der Waals surface area contributed by atoms with E-state index in [1.165, 1.54) is 0 Å². The van der Waals surface area contributed by atoms with E-state index in [-0.39, 0.29) is 5.37 Å². The standard InChI is InChI=1S/C4H8N2S5/c7-2(6-4(10)11)1-5-3(8)9/h2,7H,1H2,(H2,5,8,9)(H2,6,10,11). The predicted molar refractivity (Wildman–Crippen MR) is 67.1 cm³/mol. The van der Waals surface area contributed by atoms with Gasteiger partial charge in [-0.25, -0.2) is 0 Å². The molecule has 0 spiro atoms. The lowest BCUT2D eigenvalue weighted by Gasteiger charge is -2.12. The Morgan fingerprint density at radius 3 is 2.18 bits per heavy atom. The minimum absolute atomic E-state index is 0.0925. The molecule has 64 valence electrons. The molecule has 2 N–H and O–H groups in total. The van der Waals surface area contributed by atoms with Gasteiger partial charge in [0.1, 0.15) is 8.64 Å². The Morgan fingerprint density at radius 1 is 1.27 bits per heavy atom.